The van der Waals surface area contributed by atoms with Crippen LogP contribution in [-0.4, -0.2) is 26.7 Å². The minimum Gasteiger partial charge on any atom is -0.493 e. The van der Waals surface area contributed by atoms with Crippen LogP contribution in [0.4, 0.5) is 0 Å². The second-order valence-electron chi connectivity index (χ2n) is 3.81. The standard InChI is InChI=1S/C13H18ClNO3/c1-15-9-10-8-11(14)5-6-12(10)18-7-3-4-13(16)17-2/h5-6,8,15H,3-4,7,9H2,1-2H3. The van der Waals surface area contributed by atoms with Crippen molar-refractivity contribution in [3.8, 4) is 5.75 Å². The van der Waals surface area contributed by atoms with Crippen LogP contribution in [0.25, 0.3) is 0 Å². The third-order valence-electron chi connectivity index (χ3n) is 2.40. The van der Waals surface area contributed by atoms with E-state index in [0.29, 0.717) is 31.0 Å². The van der Waals surface area contributed by atoms with Crippen LogP contribution < -0.4 is 10.1 Å². The van der Waals surface area contributed by atoms with Gasteiger partial charge in [0.25, 0.3) is 0 Å². The minimum atomic E-state index is -0.217. The lowest BCUT2D eigenvalue weighted by Gasteiger charge is -2.11. The number of carbonyl (C=O) groups excluding carboxylic acids is 1. The highest BCUT2D eigenvalue weighted by molar-refractivity contribution is 6.30. The SMILES string of the molecule is CNCc1cc(Cl)ccc1OCCCC(=O)OC. The molecular weight excluding hydrogens is 254 g/mol. The van der Waals surface area contributed by atoms with E-state index in [4.69, 9.17) is 16.3 Å². The normalized spacial score (nSPS) is 10.2. The summed E-state index contributed by atoms with van der Waals surface area (Å²) in [5, 5.41) is 3.74. The van der Waals surface area contributed by atoms with E-state index in [0.717, 1.165) is 11.3 Å². The van der Waals surface area contributed by atoms with Crippen LogP contribution >= 0.6 is 11.6 Å². The van der Waals surface area contributed by atoms with Gasteiger partial charge in [0.2, 0.25) is 0 Å². The molecule has 0 spiro atoms. The quantitative estimate of drug-likeness (QED) is 0.611. The van der Waals surface area contributed by atoms with Gasteiger partial charge >= 0.3 is 5.97 Å². The Kier molecular flexibility index (Phi) is 6.54. The molecule has 0 saturated carbocycles. The highest BCUT2D eigenvalue weighted by Crippen LogP contribution is 2.23. The predicted molar refractivity (Wildman–Crippen MR) is 71.0 cm³/mol. The fourth-order valence-electron chi connectivity index (χ4n) is 1.52. The van der Waals surface area contributed by atoms with Gasteiger partial charge in [-0.2, -0.15) is 0 Å². The lowest BCUT2D eigenvalue weighted by atomic mass is 10.2. The molecule has 0 saturated heterocycles. The van der Waals surface area contributed by atoms with Gasteiger partial charge in [0.1, 0.15) is 5.75 Å². The van der Waals surface area contributed by atoms with Gasteiger partial charge in [0, 0.05) is 23.6 Å². The zero-order valence-corrected chi connectivity index (χ0v) is 11.4. The molecule has 0 aromatic heterocycles. The molecule has 1 N–H and O–H groups in total. The lowest BCUT2D eigenvalue weighted by Crippen LogP contribution is -2.09. The highest BCUT2D eigenvalue weighted by Gasteiger charge is 2.05. The van der Waals surface area contributed by atoms with Crippen molar-refractivity contribution in [1.82, 2.24) is 5.32 Å². The molecule has 0 bridgehead atoms. The van der Waals surface area contributed by atoms with Crippen molar-refractivity contribution >= 4 is 17.6 Å². The predicted octanol–water partition coefficient (Wildman–Crippen LogP) is 2.39. The van der Waals surface area contributed by atoms with E-state index >= 15 is 0 Å². The number of halogens is 1. The average molecular weight is 272 g/mol. The molecule has 0 aliphatic rings. The Hall–Kier alpha value is -1.26. The molecule has 5 heteroatoms. The van der Waals surface area contributed by atoms with Gasteiger partial charge in [-0.25, -0.2) is 0 Å². The first-order valence-corrected chi connectivity index (χ1v) is 6.17. The van der Waals surface area contributed by atoms with E-state index in [-0.39, 0.29) is 5.97 Å². The molecule has 100 valence electrons. The maximum Gasteiger partial charge on any atom is 0.305 e. The fraction of sp³-hybridized carbons (Fsp3) is 0.462. The third-order valence-corrected chi connectivity index (χ3v) is 2.64. The van der Waals surface area contributed by atoms with Crippen molar-refractivity contribution in [2.75, 3.05) is 20.8 Å². The molecule has 4 nitrogen and oxygen atoms in total. The third kappa shape index (κ3) is 4.94. The van der Waals surface area contributed by atoms with Crippen LogP contribution in [0.2, 0.25) is 5.02 Å². The molecule has 0 amide bonds. The number of carbonyl (C=O) groups is 1. The zero-order chi connectivity index (χ0) is 13.4. The van der Waals surface area contributed by atoms with Gasteiger partial charge in [0.05, 0.1) is 13.7 Å². The Morgan fingerprint density at radius 1 is 1.44 bits per heavy atom. The van der Waals surface area contributed by atoms with Crippen LogP contribution in [0.3, 0.4) is 0 Å². The van der Waals surface area contributed by atoms with Gasteiger partial charge in [0.15, 0.2) is 0 Å². The molecule has 0 fully saturated rings. The molecule has 0 unspecified atom stereocenters. The molecular formula is C13H18ClNO3. The monoisotopic (exact) mass is 271 g/mol. The summed E-state index contributed by atoms with van der Waals surface area (Å²) in [5.41, 5.74) is 1.00. The molecule has 0 aliphatic heterocycles. The van der Waals surface area contributed by atoms with E-state index in [9.17, 15) is 4.79 Å². The Bertz CT molecular complexity index is 396. The van der Waals surface area contributed by atoms with Crippen LogP contribution in [0.15, 0.2) is 18.2 Å². The number of hydrogen-bond donors (Lipinski definition) is 1. The number of hydrogen-bond acceptors (Lipinski definition) is 4. The van der Waals surface area contributed by atoms with Gasteiger partial charge in [-0.3, -0.25) is 4.79 Å². The Morgan fingerprint density at radius 3 is 2.89 bits per heavy atom. The van der Waals surface area contributed by atoms with Gasteiger partial charge in [-0.1, -0.05) is 11.6 Å². The van der Waals surface area contributed by atoms with E-state index in [1.807, 2.05) is 19.2 Å². The molecule has 1 aromatic carbocycles. The first-order chi connectivity index (χ1) is 8.67. The second-order valence-corrected chi connectivity index (χ2v) is 4.25. The number of esters is 1. The number of methoxy groups -OCH3 is 1. The number of nitrogens with one attached hydrogen (secondary N) is 1. The largest absolute Gasteiger partial charge is 0.493 e. The summed E-state index contributed by atoms with van der Waals surface area (Å²) in [6.45, 7) is 1.17. The smallest absolute Gasteiger partial charge is 0.305 e. The second kappa shape index (κ2) is 7.95. The number of ether oxygens (including phenoxy) is 2. The maximum atomic E-state index is 10.9. The van der Waals surface area contributed by atoms with Crippen molar-refractivity contribution in [3.63, 3.8) is 0 Å². The number of benzene rings is 1. The van der Waals surface area contributed by atoms with Gasteiger partial charge in [-0.05, 0) is 31.7 Å². The molecule has 1 rings (SSSR count). The first-order valence-electron chi connectivity index (χ1n) is 5.80. The minimum absolute atomic E-state index is 0.217. The van der Waals surface area contributed by atoms with E-state index < -0.39 is 0 Å². The molecule has 18 heavy (non-hydrogen) atoms. The summed E-state index contributed by atoms with van der Waals surface area (Å²) in [5.74, 6) is 0.573. The van der Waals surface area contributed by atoms with E-state index in [1.54, 1.807) is 6.07 Å². The van der Waals surface area contributed by atoms with Crippen molar-refractivity contribution in [2.24, 2.45) is 0 Å². The van der Waals surface area contributed by atoms with E-state index in [1.165, 1.54) is 7.11 Å². The molecule has 0 aliphatic carbocycles. The molecule has 1 aromatic rings. The fourth-order valence-corrected chi connectivity index (χ4v) is 1.71. The molecule has 0 atom stereocenters. The Morgan fingerprint density at radius 2 is 2.22 bits per heavy atom. The molecule has 0 radical (unpaired) electrons. The summed E-state index contributed by atoms with van der Waals surface area (Å²) in [4.78, 5) is 10.9. The van der Waals surface area contributed by atoms with E-state index in [2.05, 4.69) is 10.1 Å². The zero-order valence-electron chi connectivity index (χ0n) is 10.7. The summed E-state index contributed by atoms with van der Waals surface area (Å²) in [7, 11) is 3.25. The Balaban J connectivity index is 2.48. The summed E-state index contributed by atoms with van der Waals surface area (Å²) < 4.78 is 10.2. The Labute approximate surface area is 112 Å². The first kappa shape index (κ1) is 14.8. The van der Waals surface area contributed by atoms with Crippen molar-refractivity contribution in [2.45, 2.75) is 19.4 Å². The van der Waals surface area contributed by atoms with Gasteiger partial charge in [-0.15, -0.1) is 0 Å². The summed E-state index contributed by atoms with van der Waals surface area (Å²) in [6, 6.07) is 5.50. The van der Waals surface area contributed by atoms with Crippen LogP contribution in [-0.2, 0) is 16.1 Å². The average Bonchev–Trinajstić information content (AvgIpc) is 2.36. The number of rotatable bonds is 7. The van der Waals surface area contributed by atoms with Crippen LogP contribution in [0, 0.1) is 0 Å². The van der Waals surface area contributed by atoms with Crippen LogP contribution in [0.5, 0.6) is 5.75 Å². The van der Waals surface area contributed by atoms with Crippen molar-refractivity contribution in [1.29, 1.82) is 0 Å². The molecule has 0 heterocycles. The highest BCUT2D eigenvalue weighted by atomic mass is 35.5. The van der Waals surface area contributed by atoms with Crippen molar-refractivity contribution in [3.05, 3.63) is 28.8 Å². The summed E-state index contributed by atoms with van der Waals surface area (Å²) in [6.07, 6.45) is 1.000. The summed E-state index contributed by atoms with van der Waals surface area (Å²) >= 11 is 5.93. The van der Waals surface area contributed by atoms with Crippen LogP contribution in [0.1, 0.15) is 18.4 Å². The topological polar surface area (TPSA) is 47.6 Å². The van der Waals surface area contributed by atoms with Gasteiger partial charge < -0.3 is 14.8 Å². The van der Waals surface area contributed by atoms with Crippen molar-refractivity contribution < 1.29 is 14.3 Å². The maximum absolute atomic E-state index is 10.9. The lowest BCUT2D eigenvalue weighted by molar-refractivity contribution is -0.140.